The number of fused-ring (bicyclic) bond motifs is 1. The first-order valence-electron chi connectivity index (χ1n) is 10.7. The smallest absolute Gasteiger partial charge is 0.194 e. The normalized spacial score (nSPS) is 17.9. The summed E-state index contributed by atoms with van der Waals surface area (Å²) >= 11 is 0. The molecule has 4 heterocycles. The van der Waals surface area contributed by atoms with Crippen molar-refractivity contribution in [3.05, 3.63) is 88.4 Å². The van der Waals surface area contributed by atoms with Crippen LogP contribution in [0.4, 0.5) is 13.2 Å². The van der Waals surface area contributed by atoms with Gasteiger partial charge in [0, 0.05) is 18.9 Å². The Labute approximate surface area is 193 Å². The van der Waals surface area contributed by atoms with E-state index < -0.39 is 23.1 Å². The summed E-state index contributed by atoms with van der Waals surface area (Å²) in [5.41, 5.74) is 0.786. The van der Waals surface area contributed by atoms with Gasteiger partial charge < -0.3 is 5.11 Å². The first-order chi connectivity index (χ1) is 16.2. The van der Waals surface area contributed by atoms with Crippen LogP contribution in [0.25, 0.3) is 18.0 Å². The summed E-state index contributed by atoms with van der Waals surface area (Å²) in [6.07, 6.45) is 9.47. The highest BCUT2D eigenvalue weighted by atomic mass is 19.2. The topological polar surface area (TPSA) is 81.7 Å². The first-order valence-corrected chi connectivity index (χ1v) is 10.7. The molecule has 0 bridgehead atoms. The van der Waals surface area contributed by atoms with Crippen molar-refractivity contribution in [2.45, 2.75) is 38.8 Å². The van der Waals surface area contributed by atoms with Crippen molar-refractivity contribution in [1.82, 2.24) is 29.3 Å². The van der Waals surface area contributed by atoms with Gasteiger partial charge in [-0.2, -0.15) is 5.10 Å². The van der Waals surface area contributed by atoms with Gasteiger partial charge in [-0.1, -0.05) is 0 Å². The zero-order valence-corrected chi connectivity index (χ0v) is 18.5. The molecule has 1 aliphatic heterocycles. The molecule has 0 saturated carbocycles. The maximum Gasteiger partial charge on any atom is 0.194 e. The van der Waals surface area contributed by atoms with Crippen molar-refractivity contribution < 1.29 is 18.3 Å². The van der Waals surface area contributed by atoms with Crippen molar-refractivity contribution in [3.8, 4) is 5.82 Å². The van der Waals surface area contributed by atoms with Crippen LogP contribution >= 0.6 is 0 Å². The number of aryl methyl sites for hydroxylation is 3. The Kier molecular flexibility index (Phi) is 5.32. The van der Waals surface area contributed by atoms with Gasteiger partial charge in [-0.25, -0.2) is 32.8 Å². The summed E-state index contributed by atoms with van der Waals surface area (Å²) in [4.78, 5) is 13.1. The Hall–Kier alpha value is -3.79. The van der Waals surface area contributed by atoms with E-state index in [9.17, 15) is 18.3 Å². The summed E-state index contributed by atoms with van der Waals surface area (Å²) in [6.45, 7) is 4.35. The number of aliphatic hydroxyl groups is 1. The van der Waals surface area contributed by atoms with Crippen LogP contribution in [0, 0.1) is 31.3 Å². The lowest BCUT2D eigenvalue weighted by molar-refractivity contribution is 0.0387. The molecule has 5 rings (SSSR count). The number of halogens is 3. The molecule has 3 aromatic heterocycles. The fourth-order valence-corrected chi connectivity index (χ4v) is 4.21. The molecule has 1 aromatic carbocycles. The lowest BCUT2D eigenvalue weighted by Gasteiger charge is -2.31. The summed E-state index contributed by atoms with van der Waals surface area (Å²) in [6, 6.07) is 3.57. The highest BCUT2D eigenvalue weighted by molar-refractivity contribution is 5.67. The number of rotatable bonds is 4. The van der Waals surface area contributed by atoms with Crippen molar-refractivity contribution in [3.63, 3.8) is 0 Å². The molecule has 1 atom stereocenters. The van der Waals surface area contributed by atoms with Gasteiger partial charge in [-0.05, 0) is 73.7 Å². The average Bonchev–Trinajstić information content (AvgIpc) is 3.42. The van der Waals surface area contributed by atoms with Crippen LogP contribution in [0.15, 0.2) is 36.9 Å². The second kappa shape index (κ2) is 8.21. The minimum absolute atomic E-state index is 0.0991. The molecule has 0 amide bonds. The van der Waals surface area contributed by atoms with E-state index in [0.29, 0.717) is 18.8 Å². The summed E-state index contributed by atoms with van der Waals surface area (Å²) in [7, 11) is 0. The quantitative estimate of drug-likeness (QED) is 0.458. The van der Waals surface area contributed by atoms with Crippen LogP contribution in [0.5, 0.6) is 0 Å². The molecule has 1 aliphatic rings. The van der Waals surface area contributed by atoms with Crippen LogP contribution in [-0.2, 0) is 12.1 Å². The largest absolute Gasteiger partial charge is 0.377 e. The van der Waals surface area contributed by atoms with Gasteiger partial charge in [0.1, 0.15) is 17.7 Å². The van der Waals surface area contributed by atoms with E-state index in [1.54, 1.807) is 24.7 Å². The third-order valence-corrected chi connectivity index (χ3v) is 5.88. The first kappa shape index (κ1) is 22.0. The Morgan fingerprint density at radius 1 is 1.06 bits per heavy atom. The third kappa shape index (κ3) is 3.79. The predicted molar refractivity (Wildman–Crippen MR) is 118 cm³/mol. The number of hydrogen-bond acceptors (Lipinski definition) is 5. The zero-order valence-electron chi connectivity index (χ0n) is 18.5. The summed E-state index contributed by atoms with van der Waals surface area (Å²) in [5, 5.41) is 15.7. The molecular formula is C24H21F3N6O. The molecule has 0 saturated heterocycles. The predicted octanol–water partition coefficient (Wildman–Crippen LogP) is 4.09. The fourth-order valence-electron chi connectivity index (χ4n) is 4.21. The highest BCUT2D eigenvalue weighted by Crippen LogP contribution is 2.37. The maximum atomic E-state index is 13.8. The van der Waals surface area contributed by atoms with E-state index >= 15 is 0 Å². The minimum Gasteiger partial charge on any atom is -0.377 e. The van der Waals surface area contributed by atoms with E-state index in [1.807, 2.05) is 30.7 Å². The highest BCUT2D eigenvalue weighted by Gasteiger charge is 2.40. The summed E-state index contributed by atoms with van der Waals surface area (Å²) < 4.78 is 44.5. The molecular weight excluding hydrogens is 445 g/mol. The van der Waals surface area contributed by atoms with E-state index in [4.69, 9.17) is 0 Å². The monoisotopic (exact) mass is 466 g/mol. The Balaban J connectivity index is 1.44. The number of aromatic nitrogens is 6. The molecule has 10 heteroatoms. The van der Waals surface area contributed by atoms with Crippen molar-refractivity contribution >= 4 is 12.2 Å². The molecule has 1 N–H and O–H groups in total. The molecule has 0 unspecified atom stereocenters. The number of hydrogen-bond donors (Lipinski definition) is 1. The van der Waals surface area contributed by atoms with Crippen molar-refractivity contribution in [2.75, 3.05) is 0 Å². The maximum absolute atomic E-state index is 13.8. The average molecular weight is 466 g/mol. The van der Waals surface area contributed by atoms with Crippen LogP contribution < -0.4 is 0 Å². The second-order valence-electron chi connectivity index (χ2n) is 8.40. The zero-order chi connectivity index (χ0) is 24.0. The van der Waals surface area contributed by atoms with E-state index in [0.717, 1.165) is 34.8 Å². The van der Waals surface area contributed by atoms with Crippen LogP contribution in [0.1, 0.15) is 46.9 Å². The van der Waals surface area contributed by atoms with Crippen molar-refractivity contribution in [2.24, 2.45) is 0 Å². The molecule has 0 aliphatic carbocycles. The molecule has 7 nitrogen and oxygen atoms in total. The lowest BCUT2D eigenvalue weighted by Crippen LogP contribution is -2.36. The van der Waals surface area contributed by atoms with Crippen molar-refractivity contribution in [1.29, 1.82) is 0 Å². The molecule has 174 valence electrons. The number of nitrogens with zero attached hydrogens (tertiary/aromatic N) is 6. The Bertz CT molecular complexity index is 1400. The van der Waals surface area contributed by atoms with Crippen LogP contribution in [0.2, 0.25) is 0 Å². The minimum atomic E-state index is -1.78. The third-order valence-electron chi connectivity index (χ3n) is 5.88. The van der Waals surface area contributed by atoms with Gasteiger partial charge >= 0.3 is 0 Å². The number of pyridine rings is 1. The van der Waals surface area contributed by atoms with Crippen LogP contribution in [-0.4, -0.2) is 34.4 Å². The Morgan fingerprint density at radius 3 is 2.50 bits per heavy atom. The van der Waals surface area contributed by atoms with Gasteiger partial charge in [0.05, 0.1) is 5.69 Å². The molecule has 4 aromatic rings. The van der Waals surface area contributed by atoms with E-state index in [1.165, 1.54) is 4.68 Å². The lowest BCUT2D eigenvalue weighted by atomic mass is 9.86. The second-order valence-corrected chi connectivity index (χ2v) is 8.40. The molecule has 0 radical (unpaired) electrons. The van der Waals surface area contributed by atoms with Gasteiger partial charge in [0.15, 0.2) is 29.1 Å². The number of imidazole rings is 1. The molecule has 34 heavy (non-hydrogen) atoms. The van der Waals surface area contributed by atoms with Gasteiger partial charge in [-0.3, -0.25) is 4.57 Å². The Morgan fingerprint density at radius 2 is 1.82 bits per heavy atom. The summed E-state index contributed by atoms with van der Waals surface area (Å²) in [5.74, 6) is -3.05. The molecule has 0 spiro atoms. The van der Waals surface area contributed by atoms with Gasteiger partial charge in [0.25, 0.3) is 0 Å². The fraction of sp³-hybridized carbons (Fsp3) is 0.250. The van der Waals surface area contributed by atoms with Gasteiger partial charge in [0.2, 0.25) is 0 Å². The van der Waals surface area contributed by atoms with Gasteiger partial charge in [-0.15, -0.1) is 0 Å². The molecule has 0 fully saturated rings. The van der Waals surface area contributed by atoms with Crippen LogP contribution in [0.3, 0.4) is 0 Å². The SMILES string of the molecule is Cc1cn(-c2ncc(/C=C/c3nc4n(n3)CCC[C@]4(O)c3cc(F)c(F)c(F)c3)cc2C)cn1. The standard InChI is InChI=1S/C24H21F3N6O/c1-14-8-16(11-28-22(14)32-12-15(2)29-13-32)4-5-20-30-23-24(34,6-3-7-33(23)31-20)17-9-18(25)21(27)19(26)10-17/h4-5,8-13,34H,3,6-7H2,1-2H3/b5-4+/t24-/m0/s1. The number of benzene rings is 1. The van der Waals surface area contributed by atoms with E-state index in [-0.39, 0.29) is 17.8 Å². The van der Waals surface area contributed by atoms with E-state index in [2.05, 4.69) is 20.1 Å².